The van der Waals surface area contributed by atoms with Crippen LogP contribution in [0.3, 0.4) is 0 Å². The van der Waals surface area contributed by atoms with Crippen molar-refractivity contribution in [3.05, 3.63) is 48.3 Å². The van der Waals surface area contributed by atoms with Crippen molar-refractivity contribution in [2.75, 3.05) is 6.54 Å². The van der Waals surface area contributed by atoms with Crippen LogP contribution in [-0.4, -0.2) is 6.54 Å². The van der Waals surface area contributed by atoms with E-state index in [1.807, 2.05) is 13.0 Å². The molecule has 1 N–H and O–H groups in total. The third-order valence-corrected chi connectivity index (χ3v) is 1.92. The first-order chi connectivity index (χ1) is 6.24. The summed E-state index contributed by atoms with van der Waals surface area (Å²) in [5.41, 5.74) is 0.960. The first kappa shape index (κ1) is 9.93. The molecule has 0 heterocycles. The molecule has 0 unspecified atom stereocenters. The molecule has 1 nitrogen and oxygen atoms in total. The van der Waals surface area contributed by atoms with Crippen LogP contribution in [0.1, 0.15) is 18.5 Å². The first-order valence-electron chi connectivity index (χ1n) is 4.34. The molecule has 0 spiro atoms. The summed E-state index contributed by atoms with van der Waals surface area (Å²) in [5, 5.41) is 3.19. The van der Waals surface area contributed by atoms with Crippen LogP contribution < -0.4 is 5.32 Å². The van der Waals surface area contributed by atoms with Crippen molar-refractivity contribution in [1.82, 2.24) is 5.32 Å². The van der Waals surface area contributed by atoms with E-state index in [9.17, 15) is 4.39 Å². The Morgan fingerprint density at radius 3 is 3.00 bits per heavy atom. The van der Waals surface area contributed by atoms with E-state index in [1.54, 1.807) is 18.2 Å². The van der Waals surface area contributed by atoms with Crippen LogP contribution in [0.5, 0.6) is 0 Å². The zero-order chi connectivity index (χ0) is 9.68. The normalized spacial score (nSPS) is 12.5. The Labute approximate surface area is 78.3 Å². The third kappa shape index (κ3) is 2.99. The van der Waals surface area contributed by atoms with Crippen LogP contribution in [-0.2, 0) is 0 Å². The lowest BCUT2D eigenvalue weighted by Crippen LogP contribution is -2.18. The quantitative estimate of drug-likeness (QED) is 0.701. The molecular weight excluding hydrogens is 165 g/mol. The average molecular weight is 179 g/mol. The largest absolute Gasteiger partial charge is 0.307 e. The number of rotatable bonds is 4. The van der Waals surface area contributed by atoms with Gasteiger partial charge >= 0.3 is 0 Å². The molecule has 1 aromatic carbocycles. The van der Waals surface area contributed by atoms with Crippen molar-refractivity contribution in [2.45, 2.75) is 13.0 Å². The average Bonchev–Trinajstić information content (AvgIpc) is 2.14. The van der Waals surface area contributed by atoms with Gasteiger partial charge < -0.3 is 5.32 Å². The van der Waals surface area contributed by atoms with Crippen molar-refractivity contribution in [3.63, 3.8) is 0 Å². The van der Waals surface area contributed by atoms with E-state index in [0.717, 1.165) is 12.1 Å². The summed E-state index contributed by atoms with van der Waals surface area (Å²) in [6.07, 6.45) is 1.79. The molecule has 0 aliphatic carbocycles. The SMILES string of the molecule is C=CCN[C@@H](C)c1cccc(F)c1. The molecule has 1 aromatic rings. The highest BCUT2D eigenvalue weighted by atomic mass is 19.1. The Balaban J connectivity index is 2.65. The molecule has 0 bridgehead atoms. The predicted molar refractivity (Wildman–Crippen MR) is 53.0 cm³/mol. The minimum Gasteiger partial charge on any atom is -0.307 e. The Kier molecular flexibility index (Phi) is 3.65. The monoisotopic (exact) mass is 179 g/mol. The van der Waals surface area contributed by atoms with Gasteiger partial charge in [0.2, 0.25) is 0 Å². The van der Waals surface area contributed by atoms with Crippen molar-refractivity contribution in [3.8, 4) is 0 Å². The lowest BCUT2D eigenvalue weighted by Gasteiger charge is -2.12. The highest BCUT2D eigenvalue weighted by Gasteiger charge is 2.03. The zero-order valence-corrected chi connectivity index (χ0v) is 7.76. The number of benzene rings is 1. The van der Waals surface area contributed by atoms with Crippen molar-refractivity contribution in [2.24, 2.45) is 0 Å². The minimum absolute atomic E-state index is 0.161. The highest BCUT2D eigenvalue weighted by molar-refractivity contribution is 5.19. The maximum Gasteiger partial charge on any atom is 0.123 e. The fourth-order valence-electron chi connectivity index (χ4n) is 1.15. The van der Waals surface area contributed by atoms with Gasteiger partial charge in [0.05, 0.1) is 0 Å². The molecule has 1 rings (SSSR count). The molecular formula is C11H14FN. The van der Waals surface area contributed by atoms with Gasteiger partial charge in [0.25, 0.3) is 0 Å². The second-order valence-corrected chi connectivity index (χ2v) is 2.97. The van der Waals surface area contributed by atoms with Gasteiger partial charge in [-0.25, -0.2) is 4.39 Å². The summed E-state index contributed by atoms with van der Waals surface area (Å²) >= 11 is 0. The standard InChI is InChI=1S/C11H14FN/c1-3-7-13-9(2)10-5-4-6-11(12)8-10/h3-6,8-9,13H,1,7H2,2H3/t9-/m0/s1. The molecule has 0 radical (unpaired) electrons. The van der Waals surface area contributed by atoms with E-state index in [2.05, 4.69) is 11.9 Å². The first-order valence-corrected chi connectivity index (χ1v) is 4.34. The molecule has 1 atom stereocenters. The summed E-state index contributed by atoms with van der Waals surface area (Å²) in [7, 11) is 0. The van der Waals surface area contributed by atoms with Crippen LogP contribution in [0.25, 0.3) is 0 Å². The van der Waals surface area contributed by atoms with Gasteiger partial charge in [-0.05, 0) is 24.6 Å². The Bertz CT molecular complexity index is 283. The van der Waals surface area contributed by atoms with E-state index in [4.69, 9.17) is 0 Å². The van der Waals surface area contributed by atoms with E-state index >= 15 is 0 Å². The molecule has 0 aliphatic rings. The summed E-state index contributed by atoms with van der Waals surface area (Å²) in [6, 6.07) is 6.78. The summed E-state index contributed by atoms with van der Waals surface area (Å²) < 4.78 is 12.8. The molecule has 0 aromatic heterocycles. The minimum atomic E-state index is -0.190. The van der Waals surface area contributed by atoms with Crippen molar-refractivity contribution >= 4 is 0 Å². The van der Waals surface area contributed by atoms with Crippen LogP contribution in [0.2, 0.25) is 0 Å². The molecule has 13 heavy (non-hydrogen) atoms. The van der Waals surface area contributed by atoms with E-state index in [-0.39, 0.29) is 11.9 Å². The van der Waals surface area contributed by atoms with E-state index < -0.39 is 0 Å². The maximum absolute atomic E-state index is 12.8. The molecule has 0 amide bonds. The number of halogens is 1. The van der Waals surface area contributed by atoms with Crippen LogP contribution >= 0.6 is 0 Å². The Hall–Kier alpha value is -1.15. The van der Waals surface area contributed by atoms with Gasteiger partial charge in [0, 0.05) is 12.6 Å². The molecule has 0 fully saturated rings. The van der Waals surface area contributed by atoms with Gasteiger partial charge in [-0.3, -0.25) is 0 Å². The number of hydrogen-bond donors (Lipinski definition) is 1. The predicted octanol–water partition coefficient (Wildman–Crippen LogP) is 2.66. The molecule has 0 saturated carbocycles. The smallest absolute Gasteiger partial charge is 0.123 e. The summed E-state index contributed by atoms with van der Waals surface area (Å²) in [6.45, 7) is 6.34. The molecule has 0 aliphatic heterocycles. The zero-order valence-electron chi connectivity index (χ0n) is 7.76. The summed E-state index contributed by atoms with van der Waals surface area (Å²) in [5.74, 6) is -0.190. The van der Waals surface area contributed by atoms with Gasteiger partial charge in [-0.15, -0.1) is 6.58 Å². The molecule has 2 heteroatoms. The van der Waals surface area contributed by atoms with Gasteiger partial charge in [-0.1, -0.05) is 18.2 Å². The van der Waals surface area contributed by atoms with Crippen LogP contribution in [0.4, 0.5) is 4.39 Å². The van der Waals surface area contributed by atoms with Gasteiger partial charge in [0.15, 0.2) is 0 Å². The fraction of sp³-hybridized carbons (Fsp3) is 0.273. The van der Waals surface area contributed by atoms with Gasteiger partial charge in [-0.2, -0.15) is 0 Å². The number of hydrogen-bond acceptors (Lipinski definition) is 1. The van der Waals surface area contributed by atoms with Gasteiger partial charge in [0.1, 0.15) is 5.82 Å². The Morgan fingerprint density at radius 1 is 1.62 bits per heavy atom. The van der Waals surface area contributed by atoms with E-state index in [1.165, 1.54) is 6.07 Å². The Morgan fingerprint density at radius 2 is 2.38 bits per heavy atom. The number of nitrogens with one attached hydrogen (secondary N) is 1. The van der Waals surface area contributed by atoms with Crippen molar-refractivity contribution in [1.29, 1.82) is 0 Å². The van der Waals surface area contributed by atoms with Crippen LogP contribution in [0.15, 0.2) is 36.9 Å². The molecule has 70 valence electrons. The summed E-state index contributed by atoms with van der Waals surface area (Å²) in [4.78, 5) is 0. The second kappa shape index (κ2) is 4.77. The highest BCUT2D eigenvalue weighted by Crippen LogP contribution is 2.12. The van der Waals surface area contributed by atoms with Crippen LogP contribution in [0, 0.1) is 5.82 Å². The van der Waals surface area contributed by atoms with E-state index in [0.29, 0.717) is 0 Å². The third-order valence-electron chi connectivity index (χ3n) is 1.92. The van der Waals surface area contributed by atoms with Crippen molar-refractivity contribution < 1.29 is 4.39 Å². The topological polar surface area (TPSA) is 12.0 Å². The second-order valence-electron chi connectivity index (χ2n) is 2.97. The lowest BCUT2D eigenvalue weighted by atomic mass is 10.1. The fourth-order valence-corrected chi connectivity index (χ4v) is 1.15. The molecule has 0 saturated heterocycles. The lowest BCUT2D eigenvalue weighted by molar-refractivity contribution is 0.595. The maximum atomic E-state index is 12.8.